The maximum absolute atomic E-state index is 11.9. The normalized spacial score (nSPS) is 39.6. The number of rotatable bonds is 0. The minimum Gasteiger partial charge on any atom is -0.444 e. The van der Waals surface area contributed by atoms with Crippen molar-refractivity contribution in [2.24, 2.45) is 5.92 Å². The van der Waals surface area contributed by atoms with Crippen LogP contribution in [0.3, 0.4) is 0 Å². The molecular weight excluding hydrogens is 222 g/mol. The lowest BCUT2D eigenvalue weighted by Crippen LogP contribution is -2.36. The van der Waals surface area contributed by atoms with Gasteiger partial charge in [0.1, 0.15) is 11.7 Å². The van der Waals surface area contributed by atoms with Crippen LogP contribution in [0.5, 0.6) is 0 Å². The second-order valence-electron chi connectivity index (χ2n) is 6.06. The van der Waals surface area contributed by atoms with Gasteiger partial charge < -0.3 is 19.1 Å². The number of fused-ring (bicyclic) bond motifs is 3. The van der Waals surface area contributed by atoms with Gasteiger partial charge in [0.25, 0.3) is 0 Å². The maximum atomic E-state index is 11.9. The Morgan fingerprint density at radius 1 is 1.29 bits per heavy atom. The third kappa shape index (κ3) is 2.13. The summed E-state index contributed by atoms with van der Waals surface area (Å²) < 4.78 is 16.6. The van der Waals surface area contributed by atoms with Crippen LogP contribution >= 0.6 is 0 Å². The first-order valence-corrected chi connectivity index (χ1v) is 6.19. The molecule has 3 heterocycles. The Kier molecular flexibility index (Phi) is 2.38. The van der Waals surface area contributed by atoms with Crippen LogP contribution in [-0.2, 0) is 14.2 Å². The molecule has 3 aliphatic heterocycles. The molecule has 0 unspecified atom stereocenters. The van der Waals surface area contributed by atoms with E-state index in [4.69, 9.17) is 14.2 Å². The van der Waals surface area contributed by atoms with Crippen LogP contribution in [0.4, 0.5) is 4.79 Å². The van der Waals surface area contributed by atoms with Crippen molar-refractivity contribution < 1.29 is 19.0 Å². The van der Waals surface area contributed by atoms with Crippen LogP contribution < -0.4 is 0 Å². The number of hydrogen-bond acceptors (Lipinski definition) is 4. The van der Waals surface area contributed by atoms with Crippen LogP contribution in [0.25, 0.3) is 0 Å². The minimum atomic E-state index is -0.440. The average molecular weight is 241 g/mol. The van der Waals surface area contributed by atoms with Crippen LogP contribution in [0, 0.1) is 5.92 Å². The second-order valence-corrected chi connectivity index (χ2v) is 6.06. The van der Waals surface area contributed by atoms with Gasteiger partial charge in [0.15, 0.2) is 0 Å². The lowest BCUT2D eigenvalue weighted by atomic mass is 9.98. The molecule has 1 amide bonds. The smallest absolute Gasteiger partial charge is 0.410 e. The molecular formula is C12H19NO4. The predicted octanol–water partition coefficient (Wildman–Crippen LogP) is 1.02. The molecule has 3 aliphatic rings. The number of epoxide rings is 1. The number of carbonyl (C=O) groups is 1. The molecule has 0 aliphatic carbocycles. The highest BCUT2D eigenvalue weighted by molar-refractivity contribution is 5.68. The first kappa shape index (κ1) is 11.3. The number of hydrogen-bond donors (Lipinski definition) is 0. The van der Waals surface area contributed by atoms with E-state index in [0.29, 0.717) is 31.7 Å². The molecule has 3 saturated heterocycles. The second kappa shape index (κ2) is 3.59. The summed E-state index contributed by atoms with van der Waals surface area (Å²) in [7, 11) is 0. The van der Waals surface area contributed by atoms with Gasteiger partial charge in [0.05, 0.1) is 25.4 Å². The Balaban J connectivity index is 1.61. The number of likely N-dealkylation sites (tertiary alicyclic amines) is 1. The molecule has 0 aromatic heterocycles. The van der Waals surface area contributed by atoms with Crippen LogP contribution in [0.15, 0.2) is 0 Å². The molecule has 96 valence electrons. The van der Waals surface area contributed by atoms with E-state index in [-0.39, 0.29) is 18.3 Å². The van der Waals surface area contributed by atoms with Gasteiger partial charge in [-0.05, 0) is 20.8 Å². The van der Waals surface area contributed by atoms with Crippen molar-refractivity contribution >= 4 is 6.09 Å². The van der Waals surface area contributed by atoms with Crippen molar-refractivity contribution in [1.82, 2.24) is 4.90 Å². The standard InChI is InChI=1S/C12H19NO4/c1-12(2,3)17-11(14)13-4-7-8(5-13)15-6-9-10(7)16-9/h7-10H,4-6H2,1-3H3/t7-,8-,9-,10+/m0/s1. The predicted molar refractivity (Wildman–Crippen MR) is 59.7 cm³/mol. The van der Waals surface area contributed by atoms with E-state index < -0.39 is 5.60 Å². The molecule has 3 rings (SSSR count). The van der Waals surface area contributed by atoms with Crippen molar-refractivity contribution in [2.45, 2.75) is 44.7 Å². The summed E-state index contributed by atoms with van der Waals surface area (Å²) in [6.07, 6.45) is 0.468. The SMILES string of the molecule is CC(C)(C)OC(=O)N1C[C@@H]2[C@H]3O[C@H]3CO[C@H]2C1. The monoisotopic (exact) mass is 241 g/mol. The fraction of sp³-hybridized carbons (Fsp3) is 0.917. The first-order valence-electron chi connectivity index (χ1n) is 6.19. The molecule has 0 aromatic rings. The van der Waals surface area contributed by atoms with Gasteiger partial charge >= 0.3 is 6.09 Å². The molecule has 0 radical (unpaired) electrons. The Morgan fingerprint density at radius 2 is 2.06 bits per heavy atom. The maximum Gasteiger partial charge on any atom is 0.410 e. The molecule has 0 N–H and O–H groups in total. The number of nitrogens with zero attached hydrogens (tertiary/aromatic N) is 1. The largest absolute Gasteiger partial charge is 0.444 e. The number of ether oxygens (including phenoxy) is 3. The Morgan fingerprint density at radius 3 is 2.76 bits per heavy atom. The lowest BCUT2D eigenvalue weighted by Gasteiger charge is -2.24. The summed E-state index contributed by atoms with van der Waals surface area (Å²) in [5.41, 5.74) is -0.440. The fourth-order valence-electron chi connectivity index (χ4n) is 2.65. The third-order valence-corrected chi connectivity index (χ3v) is 3.48. The van der Waals surface area contributed by atoms with E-state index in [1.165, 1.54) is 0 Å². The zero-order valence-corrected chi connectivity index (χ0v) is 10.5. The molecule has 4 atom stereocenters. The highest BCUT2D eigenvalue weighted by Gasteiger charge is 2.56. The first-order chi connectivity index (χ1) is 7.94. The highest BCUT2D eigenvalue weighted by Crippen LogP contribution is 2.41. The van der Waals surface area contributed by atoms with Gasteiger partial charge in [-0.2, -0.15) is 0 Å². The van der Waals surface area contributed by atoms with Crippen molar-refractivity contribution in [2.75, 3.05) is 19.7 Å². The van der Waals surface area contributed by atoms with Crippen molar-refractivity contribution in [3.8, 4) is 0 Å². The molecule has 0 saturated carbocycles. The molecule has 17 heavy (non-hydrogen) atoms. The summed E-state index contributed by atoms with van der Waals surface area (Å²) in [5, 5.41) is 0. The highest BCUT2D eigenvalue weighted by atomic mass is 16.6. The van der Waals surface area contributed by atoms with Crippen molar-refractivity contribution in [3.05, 3.63) is 0 Å². The van der Waals surface area contributed by atoms with Gasteiger partial charge in [-0.1, -0.05) is 0 Å². The number of amides is 1. The minimum absolute atomic E-state index is 0.131. The third-order valence-electron chi connectivity index (χ3n) is 3.48. The van der Waals surface area contributed by atoms with E-state index in [9.17, 15) is 4.79 Å². The van der Waals surface area contributed by atoms with Gasteiger partial charge in [0, 0.05) is 12.5 Å². The molecule has 3 fully saturated rings. The van der Waals surface area contributed by atoms with E-state index in [2.05, 4.69) is 0 Å². The molecule has 0 spiro atoms. The van der Waals surface area contributed by atoms with Crippen molar-refractivity contribution in [3.63, 3.8) is 0 Å². The Hall–Kier alpha value is -0.810. The Labute approximate surface area is 101 Å². The number of carbonyl (C=O) groups excluding carboxylic acids is 1. The summed E-state index contributed by atoms with van der Waals surface area (Å²) in [6, 6.07) is 0. The van der Waals surface area contributed by atoms with Gasteiger partial charge in [0.2, 0.25) is 0 Å². The Bertz CT molecular complexity index is 338. The van der Waals surface area contributed by atoms with E-state index >= 15 is 0 Å². The molecule has 0 aromatic carbocycles. The summed E-state index contributed by atoms with van der Waals surface area (Å²) in [5.74, 6) is 0.335. The molecule has 0 bridgehead atoms. The van der Waals surface area contributed by atoms with Crippen molar-refractivity contribution in [1.29, 1.82) is 0 Å². The van der Waals surface area contributed by atoms with E-state index in [0.717, 1.165) is 0 Å². The van der Waals surface area contributed by atoms with Crippen LogP contribution in [0.2, 0.25) is 0 Å². The average Bonchev–Trinajstić information content (AvgIpc) is 2.86. The van der Waals surface area contributed by atoms with Crippen LogP contribution in [0.1, 0.15) is 20.8 Å². The van der Waals surface area contributed by atoms with E-state index in [1.807, 2.05) is 20.8 Å². The van der Waals surface area contributed by atoms with Gasteiger partial charge in [-0.15, -0.1) is 0 Å². The van der Waals surface area contributed by atoms with E-state index in [1.54, 1.807) is 4.90 Å². The lowest BCUT2D eigenvalue weighted by molar-refractivity contribution is 0.00904. The quantitative estimate of drug-likeness (QED) is 0.594. The fourth-order valence-corrected chi connectivity index (χ4v) is 2.65. The zero-order chi connectivity index (χ0) is 12.2. The zero-order valence-electron chi connectivity index (χ0n) is 10.5. The van der Waals surface area contributed by atoms with Gasteiger partial charge in [-0.3, -0.25) is 0 Å². The topological polar surface area (TPSA) is 51.3 Å². The summed E-state index contributed by atoms with van der Waals surface area (Å²) in [6.45, 7) is 7.64. The molecule has 5 heteroatoms. The summed E-state index contributed by atoms with van der Waals surface area (Å²) in [4.78, 5) is 13.7. The van der Waals surface area contributed by atoms with Crippen LogP contribution in [-0.4, -0.2) is 54.6 Å². The summed E-state index contributed by atoms with van der Waals surface area (Å²) >= 11 is 0. The molecule has 5 nitrogen and oxygen atoms in total. The van der Waals surface area contributed by atoms with Gasteiger partial charge in [-0.25, -0.2) is 4.79 Å².